The molecule has 1 aliphatic heterocycles. The Balaban J connectivity index is 2.40. The smallest absolute Gasteiger partial charge is 0.276 e. The zero-order chi connectivity index (χ0) is 15.8. The monoisotopic (exact) mass is 295 g/mol. The zero-order valence-electron chi connectivity index (χ0n) is 12.7. The van der Waals surface area contributed by atoms with Crippen LogP contribution >= 0.6 is 0 Å². The first-order valence-corrected chi connectivity index (χ1v) is 6.70. The van der Waals surface area contributed by atoms with Crippen LogP contribution in [0.4, 0.5) is 17.3 Å². The first kappa shape index (κ1) is 15.5. The van der Waals surface area contributed by atoms with Gasteiger partial charge < -0.3 is 15.1 Å². The molecule has 21 heavy (non-hydrogen) atoms. The molecule has 116 valence electrons. The maximum Gasteiger partial charge on any atom is 0.276 e. The standard InChI is InChI=1S/C13H21N5O3/c1-12(2)7-17(8-13(3,4)21-12)11-6-9(18(19)20)5-10(15-11)16-14/h5-6H,7-8,14H2,1-4H3,(H,15,16). The summed E-state index contributed by atoms with van der Waals surface area (Å²) in [6.45, 7) is 9.13. The molecule has 0 atom stereocenters. The van der Waals surface area contributed by atoms with Crippen molar-refractivity contribution in [2.45, 2.75) is 38.9 Å². The van der Waals surface area contributed by atoms with Crippen molar-refractivity contribution < 1.29 is 9.66 Å². The maximum absolute atomic E-state index is 11.0. The Morgan fingerprint density at radius 3 is 2.38 bits per heavy atom. The van der Waals surface area contributed by atoms with Crippen LogP contribution in [0, 0.1) is 10.1 Å². The number of hydrogen-bond acceptors (Lipinski definition) is 7. The third-order valence-corrected chi connectivity index (χ3v) is 3.18. The fourth-order valence-corrected chi connectivity index (χ4v) is 2.79. The number of nitro groups is 1. The van der Waals surface area contributed by atoms with Crippen LogP contribution in [0.1, 0.15) is 27.7 Å². The minimum Gasteiger partial charge on any atom is -0.366 e. The summed E-state index contributed by atoms with van der Waals surface area (Å²) < 4.78 is 6.00. The van der Waals surface area contributed by atoms with Gasteiger partial charge in [-0.1, -0.05) is 0 Å². The van der Waals surface area contributed by atoms with Crippen LogP contribution in [0.25, 0.3) is 0 Å². The average molecular weight is 295 g/mol. The Morgan fingerprint density at radius 1 is 1.33 bits per heavy atom. The number of nitrogens with zero attached hydrogens (tertiary/aromatic N) is 3. The van der Waals surface area contributed by atoms with Gasteiger partial charge in [0.1, 0.15) is 11.6 Å². The number of morpholine rings is 1. The van der Waals surface area contributed by atoms with Crippen LogP contribution in [-0.2, 0) is 4.74 Å². The molecule has 2 rings (SSSR count). The molecule has 0 amide bonds. The Morgan fingerprint density at radius 2 is 1.90 bits per heavy atom. The Kier molecular flexibility index (Phi) is 3.77. The van der Waals surface area contributed by atoms with E-state index in [2.05, 4.69) is 10.4 Å². The number of rotatable bonds is 3. The third kappa shape index (κ3) is 3.59. The number of hydrogen-bond donors (Lipinski definition) is 2. The predicted molar refractivity (Wildman–Crippen MR) is 80.2 cm³/mol. The second kappa shape index (κ2) is 5.12. The Hall–Kier alpha value is -1.93. The Labute approximate surface area is 123 Å². The van der Waals surface area contributed by atoms with Gasteiger partial charge in [-0.3, -0.25) is 10.1 Å². The SMILES string of the molecule is CC1(C)CN(c2cc([N+](=O)[O-])cc(NN)n2)CC(C)(C)O1. The molecule has 1 aromatic heterocycles. The van der Waals surface area contributed by atoms with Gasteiger partial charge in [0.25, 0.3) is 5.69 Å². The first-order chi connectivity index (χ1) is 9.62. The fraction of sp³-hybridized carbons (Fsp3) is 0.615. The number of anilines is 2. The molecule has 0 radical (unpaired) electrons. The molecular formula is C13H21N5O3. The molecule has 0 spiro atoms. The minimum atomic E-state index is -0.456. The maximum atomic E-state index is 11.0. The summed E-state index contributed by atoms with van der Waals surface area (Å²) in [7, 11) is 0. The normalized spacial score (nSPS) is 20.1. The van der Waals surface area contributed by atoms with Gasteiger partial charge >= 0.3 is 0 Å². The fourth-order valence-electron chi connectivity index (χ4n) is 2.79. The van der Waals surface area contributed by atoms with E-state index in [-0.39, 0.29) is 22.7 Å². The first-order valence-electron chi connectivity index (χ1n) is 6.70. The summed E-state index contributed by atoms with van der Waals surface area (Å²) in [5, 5.41) is 11.0. The van der Waals surface area contributed by atoms with Gasteiger partial charge in [0.05, 0.1) is 28.3 Å². The van der Waals surface area contributed by atoms with Gasteiger partial charge in [0.2, 0.25) is 0 Å². The molecule has 8 nitrogen and oxygen atoms in total. The lowest BCUT2D eigenvalue weighted by Crippen LogP contribution is -2.57. The van der Waals surface area contributed by atoms with E-state index >= 15 is 0 Å². The van der Waals surface area contributed by atoms with Crippen LogP contribution in [0.15, 0.2) is 12.1 Å². The number of nitrogens with one attached hydrogen (secondary N) is 1. The molecule has 0 aliphatic carbocycles. The van der Waals surface area contributed by atoms with Crippen LogP contribution in [-0.4, -0.2) is 34.2 Å². The summed E-state index contributed by atoms with van der Waals surface area (Å²) in [5.41, 5.74) is 1.58. The molecule has 2 heterocycles. The number of nitrogen functional groups attached to an aromatic ring is 1. The highest BCUT2D eigenvalue weighted by molar-refractivity contribution is 5.56. The van der Waals surface area contributed by atoms with Crippen LogP contribution in [0.3, 0.4) is 0 Å². The van der Waals surface area contributed by atoms with Crippen LogP contribution in [0.5, 0.6) is 0 Å². The highest BCUT2D eigenvalue weighted by Gasteiger charge is 2.39. The topological polar surface area (TPSA) is 107 Å². The molecule has 1 fully saturated rings. The van der Waals surface area contributed by atoms with Gasteiger partial charge in [-0.25, -0.2) is 10.8 Å². The summed E-state index contributed by atoms with van der Waals surface area (Å²) in [4.78, 5) is 16.9. The Bertz CT molecular complexity index is 543. The summed E-state index contributed by atoms with van der Waals surface area (Å²) in [6, 6.07) is 2.76. The van der Waals surface area contributed by atoms with E-state index in [0.29, 0.717) is 18.9 Å². The molecule has 0 saturated carbocycles. The van der Waals surface area contributed by atoms with Crippen molar-refractivity contribution in [1.29, 1.82) is 0 Å². The van der Waals surface area contributed by atoms with E-state index in [1.807, 2.05) is 32.6 Å². The molecule has 1 saturated heterocycles. The number of pyridine rings is 1. The van der Waals surface area contributed by atoms with Crippen molar-refractivity contribution in [3.63, 3.8) is 0 Å². The molecular weight excluding hydrogens is 274 g/mol. The van der Waals surface area contributed by atoms with Crippen molar-refractivity contribution in [3.8, 4) is 0 Å². The van der Waals surface area contributed by atoms with E-state index in [4.69, 9.17) is 10.6 Å². The van der Waals surface area contributed by atoms with Crippen molar-refractivity contribution in [3.05, 3.63) is 22.2 Å². The predicted octanol–water partition coefficient (Wildman–Crippen LogP) is 1.67. The van der Waals surface area contributed by atoms with Crippen molar-refractivity contribution in [1.82, 2.24) is 4.98 Å². The van der Waals surface area contributed by atoms with Gasteiger partial charge in [-0.15, -0.1) is 0 Å². The van der Waals surface area contributed by atoms with Crippen molar-refractivity contribution in [2.75, 3.05) is 23.4 Å². The van der Waals surface area contributed by atoms with E-state index < -0.39 is 4.92 Å². The van der Waals surface area contributed by atoms with E-state index in [1.165, 1.54) is 12.1 Å². The third-order valence-electron chi connectivity index (χ3n) is 3.18. The lowest BCUT2D eigenvalue weighted by atomic mass is 9.99. The lowest BCUT2D eigenvalue weighted by molar-refractivity contribution is -0.384. The van der Waals surface area contributed by atoms with Crippen molar-refractivity contribution >= 4 is 17.3 Å². The summed E-state index contributed by atoms with van der Waals surface area (Å²) in [5.74, 6) is 6.13. The largest absolute Gasteiger partial charge is 0.366 e. The number of hydrazine groups is 1. The highest BCUT2D eigenvalue weighted by atomic mass is 16.6. The number of aromatic nitrogens is 1. The number of nitrogens with two attached hydrogens (primary N) is 1. The number of ether oxygens (including phenoxy) is 1. The highest BCUT2D eigenvalue weighted by Crippen LogP contribution is 2.32. The quantitative estimate of drug-likeness (QED) is 0.496. The van der Waals surface area contributed by atoms with E-state index in [1.54, 1.807) is 0 Å². The van der Waals surface area contributed by atoms with Gasteiger partial charge in [-0.2, -0.15) is 0 Å². The van der Waals surface area contributed by atoms with Gasteiger partial charge in [0, 0.05) is 13.1 Å². The van der Waals surface area contributed by atoms with Gasteiger partial charge in [0.15, 0.2) is 0 Å². The molecule has 0 bridgehead atoms. The molecule has 8 heteroatoms. The van der Waals surface area contributed by atoms with Crippen LogP contribution < -0.4 is 16.2 Å². The molecule has 0 unspecified atom stereocenters. The van der Waals surface area contributed by atoms with Crippen molar-refractivity contribution in [2.24, 2.45) is 5.84 Å². The zero-order valence-corrected chi connectivity index (χ0v) is 12.7. The summed E-state index contributed by atoms with van der Waals surface area (Å²) >= 11 is 0. The second-order valence-electron chi connectivity index (χ2n) is 6.45. The summed E-state index contributed by atoms with van der Waals surface area (Å²) in [6.07, 6.45) is 0. The molecule has 3 N–H and O–H groups in total. The van der Waals surface area contributed by atoms with Crippen LogP contribution in [0.2, 0.25) is 0 Å². The minimum absolute atomic E-state index is 0.0462. The lowest BCUT2D eigenvalue weighted by Gasteiger charge is -2.47. The van der Waals surface area contributed by atoms with E-state index in [9.17, 15) is 10.1 Å². The molecule has 0 aromatic carbocycles. The second-order valence-corrected chi connectivity index (χ2v) is 6.45. The van der Waals surface area contributed by atoms with Gasteiger partial charge in [-0.05, 0) is 27.7 Å². The molecule has 1 aliphatic rings. The average Bonchev–Trinajstić information content (AvgIpc) is 2.34. The van der Waals surface area contributed by atoms with E-state index in [0.717, 1.165) is 0 Å². The molecule has 1 aromatic rings.